The summed E-state index contributed by atoms with van der Waals surface area (Å²) in [4.78, 5) is 47.6. The molecule has 3 aromatic carbocycles. The van der Waals surface area contributed by atoms with E-state index in [1.54, 1.807) is 6.08 Å². The molecule has 3 amide bonds. The van der Waals surface area contributed by atoms with Gasteiger partial charge in [0.05, 0.1) is 9.83 Å². The summed E-state index contributed by atoms with van der Waals surface area (Å²) in [6.45, 7) is 0. The molecule has 4 rings (SSSR count). The van der Waals surface area contributed by atoms with Crippen LogP contribution in [0, 0.1) is 10.1 Å². The van der Waals surface area contributed by atoms with Crippen LogP contribution in [0.1, 0.15) is 15.9 Å². The van der Waals surface area contributed by atoms with Gasteiger partial charge in [-0.05, 0) is 46.3 Å². The van der Waals surface area contributed by atoms with E-state index >= 15 is 0 Å². The summed E-state index contributed by atoms with van der Waals surface area (Å²) in [7, 11) is 0. The summed E-state index contributed by atoms with van der Waals surface area (Å²) >= 11 is 0.723. The van der Waals surface area contributed by atoms with E-state index < -0.39 is 22.0 Å². The molecule has 1 saturated heterocycles. The van der Waals surface area contributed by atoms with Crippen LogP contribution in [-0.2, 0) is 4.79 Å². The maximum absolute atomic E-state index is 12.7. The molecule has 0 atom stereocenters. The number of fused-ring (bicyclic) bond motifs is 1. The van der Waals surface area contributed by atoms with E-state index in [0.29, 0.717) is 5.01 Å². The first kappa shape index (κ1) is 19.3. The minimum Gasteiger partial charge on any atom is -0.267 e. The van der Waals surface area contributed by atoms with E-state index in [0.717, 1.165) is 28.1 Å². The molecule has 0 radical (unpaired) electrons. The van der Waals surface area contributed by atoms with Crippen molar-refractivity contribution in [1.29, 1.82) is 0 Å². The van der Waals surface area contributed by atoms with Crippen LogP contribution in [0.25, 0.3) is 16.8 Å². The highest BCUT2D eigenvalue weighted by Gasteiger charge is 2.36. The second kappa shape index (κ2) is 7.80. The molecule has 0 unspecified atom stereocenters. The summed E-state index contributed by atoms with van der Waals surface area (Å²) in [6.07, 6.45) is 1.62. The molecule has 0 aromatic heterocycles. The molecule has 9 heteroatoms. The maximum Gasteiger partial charge on any atom is 0.312 e. The molecule has 1 N–H and O–H groups in total. The Balaban J connectivity index is 1.56. The number of carbonyl (C=O) groups excluding carboxylic acids is 3. The summed E-state index contributed by atoms with van der Waals surface area (Å²) in [6, 6.07) is 18.1. The van der Waals surface area contributed by atoms with Crippen LogP contribution in [0.15, 0.2) is 71.6 Å². The molecular weight excluding hydrogens is 406 g/mol. The predicted molar refractivity (Wildman–Crippen MR) is 112 cm³/mol. The van der Waals surface area contributed by atoms with Gasteiger partial charge in [-0.1, -0.05) is 42.5 Å². The number of hydrogen-bond acceptors (Lipinski definition) is 6. The lowest BCUT2D eigenvalue weighted by atomic mass is 10.0. The van der Waals surface area contributed by atoms with Gasteiger partial charge in [-0.2, -0.15) is 5.01 Å². The van der Waals surface area contributed by atoms with Gasteiger partial charge >= 0.3 is 5.24 Å². The number of nitrogens with one attached hydrogen (secondary N) is 1. The molecular formula is C21H13N3O5S. The maximum atomic E-state index is 12.7. The van der Waals surface area contributed by atoms with Gasteiger partial charge in [-0.3, -0.25) is 29.9 Å². The topological polar surface area (TPSA) is 110 Å². The van der Waals surface area contributed by atoms with Crippen LogP contribution in [0.5, 0.6) is 0 Å². The predicted octanol–water partition coefficient (Wildman–Crippen LogP) is 4.13. The van der Waals surface area contributed by atoms with Crippen molar-refractivity contribution in [3.05, 3.63) is 92.9 Å². The van der Waals surface area contributed by atoms with E-state index in [1.165, 1.54) is 24.3 Å². The number of nitro groups is 1. The Bertz CT molecular complexity index is 1230. The van der Waals surface area contributed by atoms with Crippen molar-refractivity contribution in [2.75, 3.05) is 0 Å². The van der Waals surface area contributed by atoms with E-state index in [-0.39, 0.29) is 16.2 Å². The molecule has 1 fully saturated rings. The van der Waals surface area contributed by atoms with Crippen LogP contribution in [0.3, 0.4) is 0 Å². The zero-order valence-electron chi connectivity index (χ0n) is 15.3. The van der Waals surface area contributed by atoms with Gasteiger partial charge in [0.1, 0.15) is 0 Å². The van der Waals surface area contributed by atoms with Crippen molar-refractivity contribution in [2.45, 2.75) is 0 Å². The minimum absolute atomic E-state index is 0.0812. The molecule has 0 saturated carbocycles. The van der Waals surface area contributed by atoms with Gasteiger partial charge in [0.2, 0.25) is 0 Å². The van der Waals surface area contributed by atoms with Gasteiger partial charge < -0.3 is 0 Å². The lowest BCUT2D eigenvalue weighted by Gasteiger charge is -2.13. The fourth-order valence-electron chi connectivity index (χ4n) is 2.98. The summed E-state index contributed by atoms with van der Waals surface area (Å²) in [5, 5.41) is 12.6. The van der Waals surface area contributed by atoms with Crippen molar-refractivity contribution in [1.82, 2.24) is 10.4 Å². The third kappa shape index (κ3) is 3.65. The van der Waals surface area contributed by atoms with Gasteiger partial charge in [-0.25, -0.2) is 0 Å². The second-order valence-electron chi connectivity index (χ2n) is 6.33. The first-order chi connectivity index (χ1) is 14.4. The Hall–Kier alpha value is -3.98. The number of benzene rings is 3. The molecule has 0 bridgehead atoms. The van der Waals surface area contributed by atoms with Gasteiger partial charge in [-0.15, -0.1) is 0 Å². The standard InChI is InChI=1S/C21H13N3O5S/c25-19(14-8-10-16(11-9-14)24(28)29)22-23-20(26)18(30-21(23)27)12-15-6-3-5-13-4-1-2-7-17(13)15/h1-12H,(H,22,25)/b18-12-. The highest BCUT2D eigenvalue weighted by atomic mass is 32.2. The van der Waals surface area contributed by atoms with Crippen LogP contribution in [-0.4, -0.2) is 27.0 Å². The molecule has 0 spiro atoms. The smallest absolute Gasteiger partial charge is 0.267 e. The van der Waals surface area contributed by atoms with Crippen LogP contribution in [0.2, 0.25) is 0 Å². The SMILES string of the molecule is O=C(NN1C(=O)S/C(=C\c2cccc3ccccc23)C1=O)c1ccc([N+](=O)[O-])cc1. The molecule has 30 heavy (non-hydrogen) atoms. The summed E-state index contributed by atoms with van der Waals surface area (Å²) in [5.41, 5.74) is 2.95. The fourth-order valence-corrected chi connectivity index (χ4v) is 3.75. The zero-order valence-corrected chi connectivity index (χ0v) is 16.1. The van der Waals surface area contributed by atoms with Gasteiger partial charge in [0, 0.05) is 17.7 Å². The number of nitro benzene ring substituents is 1. The number of imide groups is 1. The van der Waals surface area contributed by atoms with Crippen molar-refractivity contribution < 1.29 is 19.3 Å². The Kier molecular flexibility index (Phi) is 5.03. The lowest BCUT2D eigenvalue weighted by molar-refractivity contribution is -0.384. The number of thioether (sulfide) groups is 1. The molecule has 0 aliphatic carbocycles. The van der Waals surface area contributed by atoms with Crippen molar-refractivity contribution in [3.63, 3.8) is 0 Å². The Morgan fingerprint density at radius 1 is 1.00 bits per heavy atom. The van der Waals surface area contributed by atoms with Crippen molar-refractivity contribution >= 4 is 51.4 Å². The summed E-state index contributed by atoms with van der Waals surface area (Å²) < 4.78 is 0. The zero-order chi connectivity index (χ0) is 21.3. The van der Waals surface area contributed by atoms with Gasteiger partial charge in [0.25, 0.3) is 17.5 Å². The quantitative estimate of drug-likeness (QED) is 0.387. The van der Waals surface area contributed by atoms with Crippen LogP contribution in [0.4, 0.5) is 10.5 Å². The fraction of sp³-hybridized carbons (Fsp3) is 0. The third-order valence-electron chi connectivity index (χ3n) is 4.46. The average molecular weight is 419 g/mol. The number of amides is 3. The van der Waals surface area contributed by atoms with Gasteiger partial charge in [0.15, 0.2) is 0 Å². The molecule has 148 valence electrons. The normalized spacial score (nSPS) is 15.1. The van der Waals surface area contributed by atoms with E-state index in [1.807, 2.05) is 42.5 Å². The van der Waals surface area contributed by atoms with E-state index in [9.17, 15) is 24.5 Å². The second-order valence-corrected chi connectivity index (χ2v) is 7.32. The van der Waals surface area contributed by atoms with Crippen LogP contribution >= 0.6 is 11.8 Å². The Morgan fingerprint density at radius 3 is 2.43 bits per heavy atom. The van der Waals surface area contributed by atoms with Crippen molar-refractivity contribution in [2.24, 2.45) is 0 Å². The number of non-ortho nitro benzene ring substituents is 1. The number of hydrazine groups is 1. The molecule has 8 nitrogen and oxygen atoms in total. The van der Waals surface area contributed by atoms with E-state index in [2.05, 4.69) is 5.43 Å². The largest absolute Gasteiger partial charge is 0.312 e. The number of rotatable bonds is 4. The Labute approximate surface area is 174 Å². The Morgan fingerprint density at radius 2 is 1.70 bits per heavy atom. The lowest BCUT2D eigenvalue weighted by Crippen LogP contribution is -2.44. The minimum atomic E-state index is -0.724. The molecule has 1 aliphatic rings. The molecule has 3 aromatic rings. The number of carbonyl (C=O) groups is 3. The number of hydrogen-bond donors (Lipinski definition) is 1. The molecule has 1 heterocycles. The first-order valence-corrected chi connectivity index (χ1v) is 9.57. The first-order valence-electron chi connectivity index (χ1n) is 8.75. The van der Waals surface area contributed by atoms with E-state index in [4.69, 9.17) is 0 Å². The monoisotopic (exact) mass is 419 g/mol. The third-order valence-corrected chi connectivity index (χ3v) is 5.33. The highest BCUT2D eigenvalue weighted by molar-refractivity contribution is 8.18. The van der Waals surface area contributed by atoms with Crippen molar-refractivity contribution in [3.8, 4) is 0 Å². The number of nitrogens with zero attached hydrogens (tertiary/aromatic N) is 2. The molecule has 1 aliphatic heterocycles. The average Bonchev–Trinajstić information content (AvgIpc) is 3.01. The van der Waals surface area contributed by atoms with Crippen LogP contribution < -0.4 is 5.43 Å². The summed E-state index contributed by atoms with van der Waals surface area (Å²) in [5.74, 6) is -1.37. The highest BCUT2D eigenvalue weighted by Crippen LogP contribution is 2.32.